The highest BCUT2D eigenvalue weighted by Gasteiger charge is 2.31. The standard InChI is InChI=1S/C20H18F3N3O3/c21-20(22,23)14-4-6-16-25-18(13-3-5-15-12(10-13)7-9-29-15)19(26(16)11-14)24-8-1-2-17(27)28/h3-6,10-11,24H,1-2,7-9H2,(H,27,28). The van der Waals surface area contributed by atoms with Gasteiger partial charge in [-0.3, -0.25) is 9.20 Å². The van der Waals surface area contributed by atoms with E-state index in [1.54, 1.807) is 0 Å². The fraction of sp³-hybridized carbons (Fsp3) is 0.300. The van der Waals surface area contributed by atoms with Crippen molar-refractivity contribution in [3.05, 3.63) is 47.7 Å². The summed E-state index contributed by atoms with van der Waals surface area (Å²) in [5.41, 5.74) is 1.87. The molecule has 152 valence electrons. The van der Waals surface area contributed by atoms with Gasteiger partial charge in [-0.15, -0.1) is 0 Å². The van der Waals surface area contributed by atoms with E-state index in [1.165, 1.54) is 10.5 Å². The van der Waals surface area contributed by atoms with Crippen molar-refractivity contribution in [3.63, 3.8) is 0 Å². The maximum absolute atomic E-state index is 13.2. The molecule has 1 aliphatic rings. The number of ether oxygens (including phenoxy) is 1. The van der Waals surface area contributed by atoms with Crippen molar-refractivity contribution in [2.75, 3.05) is 18.5 Å². The summed E-state index contributed by atoms with van der Waals surface area (Å²) in [6, 6.07) is 7.90. The number of nitrogens with one attached hydrogen (secondary N) is 1. The van der Waals surface area contributed by atoms with E-state index in [9.17, 15) is 18.0 Å². The summed E-state index contributed by atoms with van der Waals surface area (Å²) in [4.78, 5) is 15.3. The molecule has 0 spiro atoms. The molecule has 0 unspecified atom stereocenters. The number of carboxylic acid groups (broad SMARTS) is 1. The summed E-state index contributed by atoms with van der Waals surface area (Å²) in [6.07, 6.45) is -2.43. The molecule has 2 aromatic heterocycles. The minimum absolute atomic E-state index is 0.0386. The molecule has 1 aliphatic heterocycles. The number of hydrogen-bond acceptors (Lipinski definition) is 4. The third kappa shape index (κ3) is 3.85. The minimum Gasteiger partial charge on any atom is -0.493 e. The summed E-state index contributed by atoms with van der Waals surface area (Å²) < 4.78 is 46.4. The number of benzene rings is 1. The molecule has 0 fully saturated rings. The average Bonchev–Trinajstić information content (AvgIpc) is 3.27. The molecular formula is C20H18F3N3O3. The highest BCUT2D eigenvalue weighted by atomic mass is 19.4. The smallest absolute Gasteiger partial charge is 0.417 e. The quantitative estimate of drug-likeness (QED) is 0.601. The van der Waals surface area contributed by atoms with Crippen LogP contribution in [0.15, 0.2) is 36.5 Å². The number of aromatic nitrogens is 2. The maximum Gasteiger partial charge on any atom is 0.417 e. The summed E-state index contributed by atoms with van der Waals surface area (Å²) in [5, 5.41) is 11.9. The van der Waals surface area contributed by atoms with E-state index >= 15 is 0 Å². The number of anilines is 1. The monoisotopic (exact) mass is 405 g/mol. The Morgan fingerprint density at radius 3 is 2.86 bits per heavy atom. The number of nitrogens with zero attached hydrogens (tertiary/aromatic N) is 2. The van der Waals surface area contributed by atoms with Gasteiger partial charge in [0, 0.05) is 31.1 Å². The normalized spacial score (nSPS) is 13.3. The summed E-state index contributed by atoms with van der Waals surface area (Å²) in [6.45, 7) is 0.885. The number of fused-ring (bicyclic) bond motifs is 2. The first-order valence-corrected chi connectivity index (χ1v) is 9.14. The molecule has 9 heteroatoms. The lowest BCUT2D eigenvalue weighted by molar-refractivity contribution is -0.138. The molecule has 0 saturated carbocycles. The topological polar surface area (TPSA) is 75.9 Å². The number of aliphatic carboxylic acids is 1. The van der Waals surface area contributed by atoms with Crippen molar-refractivity contribution in [2.45, 2.75) is 25.4 Å². The molecule has 0 saturated heterocycles. The van der Waals surface area contributed by atoms with Crippen LogP contribution >= 0.6 is 0 Å². The number of imidazole rings is 1. The number of halogens is 3. The first-order chi connectivity index (χ1) is 13.8. The van der Waals surface area contributed by atoms with Crippen molar-refractivity contribution in [2.24, 2.45) is 0 Å². The molecule has 2 N–H and O–H groups in total. The van der Waals surface area contributed by atoms with Crippen molar-refractivity contribution in [1.82, 2.24) is 9.38 Å². The van der Waals surface area contributed by atoms with E-state index in [0.29, 0.717) is 30.2 Å². The number of pyridine rings is 1. The van der Waals surface area contributed by atoms with Crippen LogP contribution in [0.3, 0.4) is 0 Å². The van der Waals surface area contributed by atoms with E-state index in [1.807, 2.05) is 18.2 Å². The Morgan fingerprint density at radius 1 is 1.28 bits per heavy atom. The van der Waals surface area contributed by atoms with Crippen molar-refractivity contribution < 1.29 is 27.8 Å². The zero-order chi connectivity index (χ0) is 20.6. The largest absolute Gasteiger partial charge is 0.493 e. The van der Waals surface area contributed by atoms with Crippen LogP contribution < -0.4 is 10.1 Å². The molecule has 29 heavy (non-hydrogen) atoms. The Bertz CT molecular complexity index is 1080. The van der Waals surface area contributed by atoms with Crippen LogP contribution in [0.2, 0.25) is 0 Å². The van der Waals surface area contributed by atoms with Gasteiger partial charge in [0.2, 0.25) is 0 Å². The second-order valence-corrected chi connectivity index (χ2v) is 6.80. The second-order valence-electron chi connectivity index (χ2n) is 6.80. The van der Waals surface area contributed by atoms with Gasteiger partial charge in [0.05, 0.1) is 12.2 Å². The molecule has 0 atom stereocenters. The molecule has 6 nitrogen and oxygen atoms in total. The Morgan fingerprint density at radius 2 is 2.10 bits per heavy atom. The maximum atomic E-state index is 13.2. The lowest BCUT2D eigenvalue weighted by Gasteiger charge is -2.11. The zero-order valence-electron chi connectivity index (χ0n) is 15.3. The highest BCUT2D eigenvalue weighted by Crippen LogP contribution is 2.36. The Kier molecular flexibility index (Phi) is 4.81. The number of hydrogen-bond donors (Lipinski definition) is 2. The Labute approximate surface area is 163 Å². The summed E-state index contributed by atoms with van der Waals surface area (Å²) >= 11 is 0. The fourth-order valence-electron chi connectivity index (χ4n) is 3.36. The average molecular weight is 405 g/mol. The first kappa shape index (κ1) is 19.1. The van der Waals surface area contributed by atoms with Gasteiger partial charge in [-0.25, -0.2) is 4.98 Å². The SMILES string of the molecule is O=C(O)CCCNc1c(-c2ccc3c(c2)CCO3)nc2ccc(C(F)(F)F)cn12. The number of rotatable bonds is 6. The molecule has 3 aromatic rings. The van der Waals surface area contributed by atoms with Crippen molar-refractivity contribution >= 4 is 17.4 Å². The molecular weight excluding hydrogens is 387 g/mol. The molecule has 4 rings (SSSR count). The van der Waals surface area contributed by atoms with Gasteiger partial charge in [0.1, 0.15) is 22.9 Å². The van der Waals surface area contributed by atoms with Crippen LogP contribution in [0.5, 0.6) is 5.75 Å². The molecule has 0 amide bonds. The van der Waals surface area contributed by atoms with Crippen molar-refractivity contribution in [1.29, 1.82) is 0 Å². The lowest BCUT2D eigenvalue weighted by atomic mass is 10.1. The third-order valence-corrected chi connectivity index (χ3v) is 4.77. The predicted molar refractivity (Wildman–Crippen MR) is 100 cm³/mol. The van der Waals surface area contributed by atoms with Gasteiger partial charge in [0.25, 0.3) is 0 Å². The van der Waals surface area contributed by atoms with Gasteiger partial charge < -0.3 is 15.2 Å². The van der Waals surface area contributed by atoms with Gasteiger partial charge in [0.15, 0.2) is 0 Å². The van der Waals surface area contributed by atoms with Crippen LogP contribution in [0, 0.1) is 0 Å². The molecule has 3 heterocycles. The van der Waals surface area contributed by atoms with Crippen LogP contribution in [0.25, 0.3) is 16.9 Å². The van der Waals surface area contributed by atoms with Gasteiger partial charge >= 0.3 is 12.1 Å². The highest BCUT2D eigenvalue weighted by molar-refractivity contribution is 5.77. The van der Waals surface area contributed by atoms with Crippen LogP contribution in [0.4, 0.5) is 19.0 Å². The number of carbonyl (C=O) groups is 1. The van der Waals surface area contributed by atoms with Crippen molar-refractivity contribution in [3.8, 4) is 17.0 Å². The summed E-state index contributed by atoms with van der Waals surface area (Å²) in [5.74, 6) is 0.270. The van der Waals surface area contributed by atoms with Gasteiger partial charge in [-0.1, -0.05) is 0 Å². The molecule has 0 bridgehead atoms. The van der Waals surface area contributed by atoms with E-state index in [4.69, 9.17) is 9.84 Å². The molecule has 0 aliphatic carbocycles. The van der Waals surface area contributed by atoms with Crippen LogP contribution in [-0.4, -0.2) is 33.6 Å². The fourth-order valence-corrected chi connectivity index (χ4v) is 3.36. The Hall–Kier alpha value is -3.23. The molecule has 0 radical (unpaired) electrons. The number of carboxylic acids is 1. The van der Waals surface area contributed by atoms with Crippen LogP contribution in [0.1, 0.15) is 24.0 Å². The van der Waals surface area contributed by atoms with E-state index in [0.717, 1.165) is 35.6 Å². The van der Waals surface area contributed by atoms with Crippen LogP contribution in [-0.2, 0) is 17.4 Å². The third-order valence-electron chi connectivity index (χ3n) is 4.77. The number of alkyl halides is 3. The van der Waals surface area contributed by atoms with E-state index in [2.05, 4.69) is 10.3 Å². The zero-order valence-corrected chi connectivity index (χ0v) is 15.3. The lowest BCUT2D eigenvalue weighted by Crippen LogP contribution is -2.09. The van der Waals surface area contributed by atoms with Gasteiger partial charge in [-0.05, 0) is 42.3 Å². The predicted octanol–water partition coefficient (Wildman–Crippen LogP) is 4.23. The first-order valence-electron chi connectivity index (χ1n) is 9.14. The second kappa shape index (κ2) is 7.31. The van der Waals surface area contributed by atoms with E-state index in [-0.39, 0.29) is 13.0 Å². The summed E-state index contributed by atoms with van der Waals surface area (Å²) in [7, 11) is 0. The Balaban J connectivity index is 1.77. The van der Waals surface area contributed by atoms with E-state index < -0.39 is 17.7 Å². The molecule has 1 aromatic carbocycles. The van der Waals surface area contributed by atoms with Gasteiger partial charge in [-0.2, -0.15) is 13.2 Å². The minimum atomic E-state index is -4.48.